The van der Waals surface area contributed by atoms with Crippen LogP contribution in [0.2, 0.25) is 0 Å². The normalized spacial score (nSPS) is 60.3. The lowest BCUT2D eigenvalue weighted by atomic mass is 9.33. The van der Waals surface area contributed by atoms with Gasteiger partial charge in [0.25, 0.3) is 0 Å². The summed E-state index contributed by atoms with van der Waals surface area (Å²) in [6.07, 6.45) is 7.78. The second-order valence-electron chi connectivity index (χ2n) is 15.2. The Morgan fingerprint density at radius 2 is 1.63 bits per heavy atom. The van der Waals surface area contributed by atoms with Gasteiger partial charge in [0.15, 0.2) is 0 Å². The summed E-state index contributed by atoms with van der Waals surface area (Å²) < 4.78 is 6.71. The number of hydrogen-bond acceptors (Lipinski definition) is 5. The summed E-state index contributed by atoms with van der Waals surface area (Å²) in [7, 11) is 0. The first-order valence-electron chi connectivity index (χ1n) is 14.2. The molecule has 0 spiro atoms. The molecule has 12 atom stereocenters. The van der Waals surface area contributed by atoms with Gasteiger partial charge < -0.3 is 25.2 Å². The van der Waals surface area contributed by atoms with Crippen molar-refractivity contribution in [1.82, 2.24) is 0 Å². The largest absolute Gasteiger partial charge is 0.396 e. The van der Waals surface area contributed by atoms with E-state index in [0.29, 0.717) is 11.8 Å². The molecule has 0 amide bonds. The van der Waals surface area contributed by atoms with Gasteiger partial charge in [0, 0.05) is 5.41 Å². The molecule has 4 saturated carbocycles. The summed E-state index contributed by atoms with van der Waals surface area (Å²) in [6, 6.07) is 0. The van der Waals surface area contributed by atoms with Crippen LogP contribution in [0.1, 0.15) is 86.5 Å². The molecule has 198 valence electrons. The Morgan fingerprint density at radius 3 is 2.29 bits per heavy atom. The second-order valence-corrected chi connectivity index (χ2v) is 15.2. The lowest BCUT2D eigenvalue weighted by molar-refractivity contribution is -0.221. The molecule has 5 fully saturated rings. The highest BCUT2D eigenvalue weighted by Crippen LogP contribution is 2.77. The number of hydrogen-bond donors (Lipinski definition) is 4. The maximum atomic E-state index is 11.5. The van der Waals surface area contributed by atoms with Gasteiger partial charge in [-0.25, -0.2) is 0 Å². The molecule has 5 nitrogen and oxygen atoms in total. The zero-order valence-electron chi connectivity index (χ0n) is 22.7. The topological polar surface area (TPSA) is 90.2 Å². The number of allylic oxidation sites excluding steroid dienone is 2. The Bertz CT molecular complexity index is 945. The molecule has 0 unspecified atom stereocenters. The van der Waals surface area contributed by atoms with Gasteiger partial charge in [-0.2, -0.15) is 0 Å². The van der Waals surface area contributed by atoms with Crippen molar-refractivity contribution in [3.63, 3.8) is 0 Å². The highest BCUT2D eigenvalue weighted by atomic mass is 16.5. The van der Waals surface area contributed by atoms with Gasteiger partial charge in [0.05, 0.1) is 43.0 Å². The van der Waals surface area contributed by atoms with Crippen molar-refractivity contribution >= 4 is 0 Å². The van der Waals surface area contributed by atoms with E-state index in [1.165, 1.54) is 5.57 Å². The van der Waals surface area contributed by atoms with Crippen molar-refractivity contribution in [2.24, 2.45) is 50.2 Å². The Kier molecular flexibility index (Phi) is 5.07. The number of fused-ring (bicyclic) bond motifs is 7. The third kappa shape index (κ3) is 2.59. The van der Waals surface area contributed by atoms with E-state index in [0.717, 1.165) is 44.9 Å². The van der Waals surface area contributed by atoms with Crippen LogP contribution in [-0.4, -0.2) is 58.1 Å². The minimum absolute atomic E-state index is 0.0177. The molecular weight excluding hydrogens is 440 g/mol. The molecule has 6 aliphatic rings. The van der Waals surface area contributed by atoms with Gasteiger partial charge in [0.1, 0.15) is 0 Å². The molecule has 6 rings (SSSR count). The van der Waals surface area contributed by atoms with Crippen molar-refractivity contribution in [1.29, 1.82) is 0 Å². The summed E-state index contributed by atoms with van der Waals surface area (Å²) in [5, 5.41) is 43.7. The molecule has 1 heterocycles. The van der Waals surface area contributed by atoms with Crippen LogP contribution in [0.3, 0.4) is 0 Å². The SMILES string of the molecule is CC1(C)C[C@@H]2C3=CC[C@@H]4[C@@]5(C)CC[C@H](O)[C@](C)(CO)[C@@H]5CC[C@@]4(C)[C@]3(C)C[C@H]3O[C@@H]1[C@H](O)[C@@]23CO. The highest BCUT2D eigenvalue weighted by molar-refractivity contribution is 5.37. The minimum atomic E-state index is -0.624. The third-order valence-electron chi connectivity index (χ3n) is 13.8. The van der Waals surface area contributed by atoms with Crippen LogP contribution in [0.4, 0.5) is 0 Å². The predicted octanol–water partition coefficient (Wildman–Crippen LogP) is 4.07. The van der Waals surface area contributed by atoms with Crippen molar-refractivity contribution in [3.8, 4) is 0 Å². The number of rotatable bonds is 2. The van der Waals surface area contributed by atoms with E-state index in [4.69, 9.17) is 4.74 Å². The zero-order valence-corrected chi connectivity index (χ0v) is 22.7. The van der Waals surface area contributed by atoms with Gasteiger partial charge in [-0.1, -0.05) is 53.2 Å². The van der Waals surface area contributed by atoms with E-state index in [1.807, 2.05) is 0 Å². The maximum absolute atomic E-state index is 11.5. The van der Waals surface area contributed by atoms with E-state index in [1.54, 1.807) is 0 Å². The Morgan fingerprint density at radius 1 is 0.914 bits per heavy atom. The van der Waals surface area contributed by atoms with Crippen LogP contribution in [0.25, 0.3) is 0 Å². The van der Waals surface area contributed by atoms with Gasteiger partial charge in [-0.05, 0) is 84.4 Å². The van der Waals surface area contributed by atoms with Crippen molar-refractivity contribution in [3.05, 3.63) is 11.6 Å². The molecule has 35 heavy (non-hydrogen) atoms. The molecule has 2 bridgehead atoms. The van der Waals surface area contributed by atoms with Crippen LogP contribution in [0.15, 0.2) is 11.6 Å². The van der Waals surface area contributed by atoms with E-state index >= 15 is 0 Å². The molecule has 1 aliphatic heterocycles. The van der Waals surface area contributed by atoms with Crippen molar-refractivity contribution < 1.29 is 25.2 Å². The summed E-state index contributed by atoms with van der Waals surface area (Å²) >= 11 is 0. The fraction of sp³-hybridized carbons (Fsp3) is 0.933. The third-order valence-corrected chi connectivity index (χ3v) is 13.8. The predicted molar refractivity (Wildman–Crippen MR) is 134 cm³/mol. The summed E-state index contributed by atoms with van der Waals surface area (Å²) in [5.74, 6) is 0.915. The molecule has 0 aromatic rings. The lowest BCUT2D eigenvalue weighted by Crippen LogP contribution is -2.68. The zero-order chi connectivity index (χ0) is 25.4. The second kappa shape index (κ2) is 7.14. The smallest absolute Gasteiger partial charge is 0.0916 e. The Balaban J connectivity index is 1.47. The molecule has 5 heteroatoms. The van der Waals surface area contributed by atoms with Crippen molar-refractivity contribution in [2.75, 3.05) is 13.2 Å². The van der Waals surface area contributed by atoms with Gasteiger partial charge >= 0.3 is 0 Å². The molecular formula is C30H48O5. The molecule has 0 aromatic heterocycles. The summed E-state index contributed by atoms with van der Waals surface area (Å²) in [5.41, 5.74) is 0.390. The standard InChI is InChI=1S/C30H48O5/c1-25(2)13-18-17-7-8-20-26(3)11-10-21(33)27(4,15-31)19(26)9-12-28(20,5)29(17,6)14-22-30(18,16-32)23(34)24(25)35-22/h7,18-24,31-34H,8-16H2,1-6H3/t18-,19-,20-,21+,22-,23+,24-,26+,27-,28-,29-,30+/m1/s1. The summed E-state index contributed by atoms with van der Waals surface area (Å²) in [4.78, 5) is 0. The quantitative estimate of drug-likeness (QED) is 0.440. The lowest BCUT2D eigenvalue weighted by Gasteiger charge is -2.71. The van der Waals surface area contributed by atoms with Gasteiger partial charge in [-0.15, -0.1) is 0 Å². The first kappa shape index (κ1) is 24.9. The highest BCUT2D eigenvalue weighted by Gasteiger charge is 2.75. The molecule has 0 aromatic carbocycles. The van der Waals surface area contributed by atoms with E-state index in [9.17, 15) is 20.4 Å². The molecule has 0 radical (unpaired) electrons. The average Bonchev–Trinajstić information content (AvgIpc) is 3.05. The van der Waals surface area contributed by atoms with Crippen LogP contribution < -0.4 is 0 Å². The van der Waals surface area contributed by atoms with E-state index < -0.39 is 23.0 Å². The average molecular weight is 489 g/mol. The summed E-state index contributed by atoms with van der Waals surface area (Å²) in [6.45, 7) is 14.0. The molecule has 5 aliphatic carbocycles. The Hall–Kier alpha value is -0.460. The van der Waals surface area contributed by atoms with Crippen LogP contribution in [0.5, 0.6) is 0 Å². The van der Waals surface area contributed by atoms with Gasteiger partial charge in [0.2, 0.25) is 0 Å². The van der Waals surface area contributed by atoms with Crippen LogP contribution >= 0.6 is 0 Å². The van der Waals surface area contributed by atoms with Crippen LogP contribution in [-0.2, 0) is 4.74 Å². The van der Waals surface area contributed by atoms with Crippen molar-refractivity contribution in [2.45, 2.75) is 111 Å². The number of aliphatic hydroxyl groups excluding tert-OH is 4. The fourth-order valence-corrected chi connectivity index (χ4v) is 11.5. The number of aliphatic hydroxyl groups is 4. The Labute approximate surface area is 211 Å². The fourth-order valence-electron chi connectivity index (χ4n) is 11.5. The van der Waals surface area contributed by atoms with E-state index in [-0.39, 0.29) is 53.0 Å². The number of ether oxygens (including phenoxy) is 1. The minimum Gasteiger partial charge on any atom is -0.396 e. The van der Waals surface area contributed by atoms with Gasteiger partial charge in [-0.3, -0.25) is 0 Å². The molecule has 4 N–H and O–H groups in total. The first-order chi connectivity index (χ1) is 16.3. The monoisotopic (exact) mass is 488 g/mol. The maximum Gasteiger partial charge on any atom is 0.0916 e. The van der Waals surface area contributed by atoms with E-state index in [2.05, 4.69) is 47.6 Å². The van der Waals surface area contributed by atoms with Crippen LogP contribution in [0, 0.1) is 50.2 Å². The molecule has 1 saturated heterocycles. The first-order valence-corrected chi connectivity index (χ1v) is 14.2.